The second kappa shape index (κ2) is 10.1. The Morgan fingerprint density at radius 1 is 0.929 bits per heavy atom. The van der Waals surface area contributed by atoms with Crippen molar-refractivity contribution < 1.29 is 13.5 Å². The van der Waals surface area contributed by atoms with Crippen LogP contribution in [0, 0.1) is 35.3 Å². The van der Waals surface area contributed by atoms with Gasteiger partial charge in [-0.15, -0.1) is 0 Å². The lowest BCUT2D eigenvalue weighted by Gasteiger charge is -2.36. The maximum Gasteiger partial charge on any atom is 0.200 e. The lowest BCUT2D eigenvalue weighted by Crippen LogP contribution is -2.23. The highest BCUT2D eigenvalue weighted by atomic mass is 19.2. The van der Waals surface area contributed by atoms with E-state index in [-0.39, 0.29) is 11.7 Å². The summed E-state index contributed by atoms with van der Waals surface area (Å²) in [6, 6.07) is 3.29. The SMILES string of the molecule is CCCC1CCC(C(C)CC2CCC(c3ccc(OC)c(F)c3F)CC2)CC1. The molecule has 2 fully saturated rings. The topological polar surface area (TPSA) is 9.23 Å². The highest BCUT2D eigenvalue weighted by molar-refractivity contribution is 5.33. The summed E-state index contributed by atoms with van der Waals surface area (Å²) in [5.41, 5.74) is 0.541. The van der Waals surface area contributed by atoms with Gasteiger partial charge < -0.3 is 4.74 Å². The Labute approximate surface area is 170 Å². The summed E-state index contributed by atoms with van der Waals surface area (Å²) >= 11 is 0. The van der Waals surface area contributed by atoms with E-state index >= 15 is 0 Å². The fourth-order valence-corrected chi connectivity index (χ4v) is 5.90. The van der Waals surface area contributed by atoms with Crippen molar-refractivity contribution >= 4 is 0 Å². The van der Waals surface area contributed by atoms with Crippen LogP contribution in [0.3, 0.4) is 0 Å². The van der Waals surface area contributed by atoms with Gasteiger partial charge in [-0.25, -0.2) is 4.39 Å². The molecule has 0 radical (unpaired) electrons. The second-order valence-corrected chi connectivity index (χ2v) is 9.49. The van der Waals surface area contributed by atoms with E-state index in [1.165, 1.54) is 52.1 Å². The number of hydrogen-bond acceptors (Lipinski definition) is 1. The molecule has 0 aromatic heterocycles. The molecule has 2 saturated carbocycles. The Kier molecular flexibility index (Phi) is 7.77. The molecule has 0 saturated heterocycles. The lowest BCUT2D eigenvalue weighted by atomic mass is 9.70. The van der Waals surface area contributed by atoms with Gasteiger partial charge >= 0.3 is 0 Å². The third-order valence-electron chi connectivity index (χ3n) is 7.68. The molecule has 28 heavy (non-hydrogen) atoms. The van der Waals surface area contributed by atoms with Crippen LogP contribution >= 0.6 is 0 Å². The fourth-order valence-electron chi connectivity index (χ4n) is 5.90. The molecule has 158 valence electrons. The molecular formula is C25H38F2O. The highest BCUT2D eigenvalue weighted by Crippen LogP contribution is 2.43. The summed E-state index contributed by atoms with van der Waals surface area (Å²) in [6.07, 6.45) is 14.0. The van der Waals surface area contributed by atoms with Crippen molar-refractivity contribution in [1.82, 2.24) is 0 Å². The highest BCUT2D eigenvalue weighted by Gasteiger charge is 2.30. The summed E-state index contributed by atoms with van der Waals surface area (Å²) in [5, 5.41) is 0. The normalized spacial score (nSPS) is 29.5. The first kappa shape index (κ1) is 21.6. The van der Waals surface area contributed by atoms with Crippen LogP contribution in [-0.2, 0) is 0 Å². The number of methoxy groups -OCH3 is 1. The largest absolute Gasteiger partial charge is 0.494 e. The molecule has 0 amide bonds. The molecule has 0 N–H and O–H groups in total. The van der Waals surface area contributed by atoms with Crippen molar-refractivity contribution in [2.75, 3.05) is 7.11 Å². The minimum atomic E-state index is -0.838. The van der Waals surface area contributed by atoms with Crippen molar-refractivity contribution in [3.63, 3.8) is 0 Å². The van der Waals surface area contributed by atoms with Gasteiger partial charge in [-0.3, -0.25) is 0 Å². The van der Waals surface area contributed by atoms with Crippen molar-refractivity contribution in [3.05, 3.63) is 29.3 Å². The van der Waals surface area contributed by atoms with Gasteiger partial charge in [0.15, 0.2) is 11.6 Å². The quantitative estimate of drug-likeness (QED) is 0.458. The predicted octanol–water partition coefficient (Wildman–Crippen LogP) is 7.88. The summed E-state index contributed by atoms with van der Waals surface area (Å²) < 4.78 is 33.4. The summed E-state index contributed by atoms with van der Waals surface area (Å²) in [6.45, 7) is 4.76. The Morgan fingerprint density at radius 3 is 2.18 bits per heavy atom. The van der Waals surface area contributed by atoms with E-state index in [9.17, 15) is 8.78 Å². The van der Waals surface area contributed by atoms with Crippen LogP contribution in [0.2, 0.25) is 0 Å². The van der Waals surface area contributed by atoms with Crippen molar-refractivity contribution in [2.24, 2.45) is 23.7 Å². The fraction of sp³-hybridized carbons (Fsp3) is 0.760. The van der Waals surface area contributed by atoms with E-state index in [2.05, 4.69) is 13.8 Å². The number of rotatable bonds is 7. The average Bonchev–Trinajstić information content (AvgIpc) is 2.71. The van der Waals surface area contributed by atoms with E-state index in [1.54, 1.807) is 12.1 Å². The zero-order valence-electron chi connectivity index (χ0n) is 18.0. The Bertz CT molecular complexity index is 613. The van der Waals surface area contributed by atoms with Crippen molar-refractivity contribution in [1.29, 1.82) is 0 Å². The second-order valence-electron chi connectivity index (χ2n) is 9.49. The van der Waals surface area contributed by atoms with Gasteiger partial charge in [0, 0.05) is 0 Å². The average molecular weight is 393 g/mol. The van der Waals surface area contributed by atoms with Crippen LogP contribution in [0.5, 0.6) is 5.75 Å². The van der Waals surface area contributed by atoms with Crippen LogP contribution in [-0.4, -0.2) is 7.11 Å². The molecule has 2 aliphatic carbocycles. The smallest absolute Gasteiger partial charge is 0.200 e. The molecule has 0 heterocycles. The van der Waals surface area contributed by atoms with Crippen LogP contribution in [0.1, 0.15) is 96.0 Å². The number of benzene rings is 1. The molecule has 0 bridgehead atoms. The summed E-state index contributed by atoms with van der Waals surface area (Å²) in [5.74, 6) is 2.04. The van der Waals surface area contributed by atoms with E-state index in [0.717, 1.165) is 49.4 Å². The number of ether oxygens (including phenoxy) is 1. The van der Waals surface area contributed by atoms with Gasteiger partial charge in [0.1, 0.15) is 0 Å². The van der Waals surface area contributed by atoms with E-state index in [4.69, 9.17) is 4.74 Å². The van der Waals surface area contributed by atoms with Gasteiger partial charge in [-0.2, -0.15) is 4.39 Å². The Morgan fingerprint density at radius 2 is 1.57 bits per heavy atom. The lowest BCUT2D eigenvalue weighted by molar-refractivity contribution is 0.169. The molecule has 0 aliphatic heterocycles. The molecule has 0 spiro atoms. The monoisotopic (exact) mass is 392 g/mol. The molecule has 1 aromatic rings. The number of halogens is 2. The molecular weight excluding hydrogens is 354 g/mol. The van der Waals surface area contributed by atoms with Crippen LogP contribution in [0.15, 0.2) is 12.1 Å². The minimum absolute atomic E-state index is 0.00239. The molecule has 2 aliphatic rings. The van der Waals surface area contributed by atoms with Gasteiger partial charge in [0.05, 0.1) is 7.11 Å². The molecule has 3 heteroatoms. The summed E-state index contributed by atoms with van der Waals surface area (Å²) in [7, 11) is 1.38. The first-order chi connectivity index (χ1) is 13.5. The third kappa shape index (κ3) is 5.07. The first-order valence-corrected chi connectivity index (χ1v) is 11.5. The van der Waals surface area contributed by atoms with Crippen LogP contribution in [0.4, 0.5) is 8.78 Å². The zero-order chi connectivity index (χ0) is 20.1. The van der Waals surface area contributed by atoms with E-state index < -0.39 is 11.6 Å². The number of hydrogen-bond donors (Lipinski definition) is 0. The first-order valence-electron chi connectivity index (χ1n) is 11.5. The Balaban J connectivity index is 1.47. The Hall–Kier alpha value is -1.12. The maximum atomic E-state index is 14.4. The van der Waals surface area contributed by atoms with Gasteiger partial charge in [-0.1, -0.05) is 45.6 Å². The van der Waals surface area contributed by atoms with Gasteiger partial charge in [0.25, 0.3) is 0 Å². The zero-order valence-corrected chi connectivity index (χ0v) is 18.0. The standard InChI is InChI=1S/C25H38F2O/c1-4-5-18-6-10-20(11-7-18)17(2)16-19-8-12-21(13-9-19)22-14-15-23(28-3)25(27)24(22)26/h14-15,17-21H,4-13,16H2,1-3H3. The maximum absolute atomic E-state index is 14.4. The molecule has 3 rings (SSSR count). The van der Waals surface area contributed by atoms with E-state index in [0.29, 0.717) is 5.56 Å². The van der Waals surface area contributed by atoms with Crippen molar-refractivity contribution in [2.45, 2.75) is 90.4 Å². The van der Waals surface area contributed by atoms with Gasteiger partial charge in [-0.05, 0) is 86.2 Å². The molecule has 1 unspecified atom stereocenters. The minimum Gasteiger partial charge on any atom is -0.494 e. The molecule has 1 atom stereocenters. The molecule has 1 nitrogen and oxygen atoms in total. The third-order valence-corrected chi connectivity index (χ3v) is 7.68. The van der Waals surface area contributed by atoms with E-state index in [1.807, 2.05) is 0 Å². The predicted molar refractivity (Wildman–Crippen MR) is 112 cm³/mol. The van der Waals surface area contributed by atoms with Crippen LogP contribution < -0.4 is 4.74 Å². The van der Waals surface area contributed by atoms with Crippen LogP contribution in [0.25, 0.3) is 0 Å². The van der Waals surface area contributed by atoms with Gasteiger partial charge in [0.2, 0.25) is 5.82 Å². The van der Waals surface area contributed by atoms with Crippen molar-refractivity contribution in [3.8, 4) is 5.75 Å². The molecule has 1 aromatic carbocycles. The summed E-state index contributed by atoms with van der Waals surface area (Å²) in [4.78, 5) is 0.